The summed E-state index contributed by atoms with van der Waals surface area (Å²) < 4.78 is 0. The van der Waals surface area contributed by atoms with Gasteiger partial charge in [0.1, 0.15) is 0 Å². The van der Waals surface area contributed by atoms with Crippen molar-refractivity contribution in [2.45, 2.75) is 27.3 Å². The van der Waals surface area contributed by atoms with Gasteiger partial charge < -0.3 is 4.90 Å². The Labute approximate surface area is 116 Å². The summed E-state index contributed by atoms with van der Waals surface area (Å²) in [6, 6.07) is 0. The third-order valence-electron chi connectivity index (χ3n) is 2.83. The molecule has 0 fully saturated rings. The van der Waals surface area contributed by atoms with Crippen molar-refractivity contribution in [3.05, 3.63) is 32.6 Å². The highest BCUT2D eigenvalue weighted by Gasteiger charge is 2.13. The zero-order valence-electron chi connectivity index (χ0n) is 10.9. The van der Waals surface area contributed by atoms with Gasteiger partial charge in [-0.3, -0.25) is 0 Å². The zero-order valence-corrected chi connectivity index (χ0v) is 12.4. The Balaban J connectivity index is 2.26. The van der Waals surface area contributed by atoms with Gasteiger partial charge in [-0.2, -0.15) is 0 Å². The molecule has 0 spiro atoms. The summed E-state index contributed by atoms with van der Waals surface area (Å²) in [7, 11) is 1.96. The fourth-order valence-electron chi connectivity index (χ4n) is 1.58. The molecule has 0 unspecified atom stereocenters. The number of rotatable bonds is 3. The number of hydrogen-bond donors (Lipinski definition) is 0. The number of aromatic nitrogens is 3. The normalized spacial score (nSPS) is 10.7. The molecule has 0 aromatic carbocycles. The summed E-state index contributed by atoms with van der Waals surface area (Å²) in [6.45, 7) is 6.60. The maximum Gasteiger partial charge on any atom is 0.171 e. The molecule has 2 heterocycles. The number of aryl methyl sites for hydroxylation is 3. The molecular formula is C12H15ClN4S. The highest BCUT2D eigenvalue weighted by Crippen LogP contribution is 2.24. The minimum Gasteiger partial charge on any atom is -0.352 e. The second kappa shape index (κ2) is 5.20. The van der Waals surface area contributed by atoms with E-state index >= 15 is 0 Å². The Morgan fingerprint density at radius 2 is 1.83 bits per heavy atom. The highest BCUT2D eigenvalue weighted by atomic mass is 35.5. The van der Waals surface area contributed by atoms with E-state index in [9.17, 15) is 0 Å². The van der Waals surface area contributed by atoms with Crippen LogP contribution in [0.3, 0.4) is 0 Å². The van der Waals surface area contributed by atoms with E-state index in [0.29, 0.717) is 11.0 Å². The van der Waals surface area contributed by atoms with Crippen LogP contribution in [0.15, 0.2) is 5.51 Å². The molecule has 0 saturated heterocycles. The van der Waals surface area contributed by atoms with E-state index in [2.05, 4.69) is 15.0 Å². The lowest BCUT2D eigenvalue weighted by Crippen LogP contribution is -2.19. The molecule has 2 rings (SSSR count). The molecule has 0 bridgehead atoms. The quantitative estimate of drug-likeness (QED) is 0.867. The highest BCUT2D eigenvalue weighted by molar-refractivity contribution is 7.09. The Kier molecular flexibility index (Phi) is 3.82. The summed E-state index contributed by atoms with van der Waals surface area (Å²) in [5.41, 5.74) is 4.68. The van der Waals surface area contributed by atoms with Gasteiger partial charge in [-0.1, -0.05) is 11.6 Å². The van der Waals surface area contributed by atoms with Gasteiger partial charge in [-0.25, -0.2) is 15.0 Å². The number of hydrogen-bond acceptors (Lipinski definition) is 5. The van der Waals surface area contributed by atoms with Crippen molar-refractivity contribution >= 4 is 28.8 Å². The van der Waals surface area contributed by atoms with Crippen molar-refractivity contribution in [1.82, 2.24) is 15.0 Å². The Morgan fingerprint density at radius 1 is 1.17 bits per heavy atom. The maximum atomic E-state index is 6.15. The fourth-order valence-corrected chi connectivity index (χ4v) is 2.72. The van der Waals surface area contributed by atoms with E-state index in [1.165, 1.54) is 4.88 Å². The predicted octanol–water partition coefficient (Wildman–Crippen LogP) is 3.15. The van der Waals surface area contributed by atoms with Crippen molar-refractivity contribution in [2.75, 3.05) is 11.9 Å². The van der Waals surface area contributed by atoms with Crippen molar-refractivity contribution < 1.29 is 0 Å². The van der Waals surface area contributed by atoms with Crippen LogP contribution < -0.4 is 4.90 Å². The van der Waals surface area contributed by atoms with Crippen LogP contribution in [0.5, 0.6) is 0 Å². The van der Waals surface area contributed by atoms with E-state index in [1.54, 1.807) is 11.3 Å². The molecule has 0 aliphatic heterocycles. The SMILES string of the molecule is Cc1nc(Cl)c(N(C)Cc2scnc2C)nc1C. The first-order chi connectivity index (χ1) is 8.49. The first-order valence-electron chi connectivity index (χ1n) is 5.60. The van der Waals surface area contributed by atoms with Crippen LogP contribution in [0.1, 0.15) is 22.0 Å². The van der Waals surface area contributed by atoms with E-state index in [-0.39, 0.29) is 0 Å². The Morgan fingerprint density at radius 3 is 2.44 bits per heavy atom. The van der Waals surface area contributed by atoms with Crippen molar-refractivity contribution in [1.29, 1.82) is 0 Å². The molecular weight excluding hydrogens is 268 g/mol. The second-order valence-electron chi connectivity index (χ2n) is 4.23. The van der Waals surface area contributed by atoms with Gasteiger partial charge in [0.2, 0.25) is 0 Å². The van der Waals surface area contributed by atoms with Crippen LogP contribution in [-0.2, 0) is 6.54 Å². The minimum absolute atomic E-state index is 0.447. The molecule has 0 N–H and O–H groups in total. The van der Waals surface area contributed by atoms with Crippen molar-refractivity contribution in [2.24, 2.45) is 0 Å². The number of halogens is 1. The first kappa shape index (κ1) is 13.2. The summed E-state index contributed by atoms with van der Waals surface area (Å²) in [6.07, 6.45) is 0. The number of anilines is 1. The number of thiazole rings is 1. The van der Waals surface area contributed by atoms with Crippen LogP contribution in [0.2, 0.25) is 5.15 Å². The van der Waals surface area contributed by atoms with Gasteiger partial charge >= 0.3 is 0 Å². The van der Waals surface area contributed by atoms with Gasteiger partial charge in [-0.15, -0.1) is 11.3 Å². The Hall–Kier alpha value is -1.20. The van der Waals surface area contributed by atoms with Crippen LogP contribution >= 0.6 is 22.9 Å². The lowest BCUT2D eigenvalue weighted by molar-refractivity contribution is 0.879. The molecule has 2 aromatic heterocycles. The molecule has 96 valence electrons. The average molecular weight is 283 g/mol. The van der Waals surface area contributed by atoms with Gasteiger partial charge in [0.25, 0.3) is 0 Å². The summed E-state index contributed by atoms with van der Waals surface area (Å²) in [4.78, 5) is 16.3. The van der Waals surface area contributed by atoms with Gasteiger partial charge in [0.15, 0.2) is 11.0 Å². The smallest absolute Gasteiger partial charge is 0.171 e. The largest absolute Gasteiger partial charge is 0.352 e. The summed E-state index contributed by atoms with van der Waals surface area (Å²) >= 11 is 7.79. The van der Waals surface area contributed by atoms with Crippen LogP contribution in [0, 0.1) is 20.8 Å². The topological polar surface area (TPSA) is 41.9 Å². The van der Waals surface area contributed by atoms with Crippen LogP contribution in [0.4, 0.5) is 5.82 Å². The average Bonchev–Trinajstić information content (AvgIpc) is 2.69. The lowest BCUT2D eigenvalue weighted by atomic mass is 10.3. The zero-order chi connectivity index (χ0) is 13.3. The maximum absolute atomic E-state index is 6.15. The van der Waals surface area contributed by atoms with Gasteiger partial charge in [-0.05, 0) is 20.8 Å². The second-order valence-corrected chi connectivity index (χ2v) is 5.52. The van der Waals surface area contributed by atoms with Crippen molar-refractivity contribution in [3.63, 3.8) is 0 Å². The van der Waals surface area contributed by atoms with E-state index < -0.39 is 0 Å². The van der Waals surface area contributed by atoms with Crippen molar-refractivity contribution in [3.8, 4) is 0 Å². The summed E-state index contributed by atoms with van der Waals surface area (Å²) in [5, 5.41) is 0.447. The minimum atomic E-state index is 0.447. The molecule has 0 radical (unpaired) electrons. The predicted molar refractivity (Wildman–Crippen MR) is 75.5 cm³/mol. The lowest BCUT2D eigenvalue weighted by Gasteiger charge is -2.19. The molecule has 6 heteroatoms. The third kappa shape index (κ3) is 2.62. The molecule has 0 aliphatic rings. The third-order valence-corrected chi connectivity index (χ3v) is 4.01. The Bertz CT molecular complexity index is 567. The molecule has 4 nitrogen and oxygen atoms in total. The molecule has 2 aromatic rings. The number of nitrogens with zero attached hydrogens (tertiary/aromatic N) is 4. The fraction of sp³-hybridized carbons (Fsp3) is 0.417. The monoisotopic (exact) mass is 282 g/mol. The molecule has 0 atom stereocenters. The standard InChI is InChI=1S/C12H15ClN4S/c1-7-8(2)16-12(11(13)15-7)17(4)5-10-9(3)14-6-18-10/h6H,5H2,1-4H3. The molecule has 0 amide bonds. The van der Waals surface area contributed by atoms with Gasteiger partial charge in [0.05, 0.1) is 29.1 Å². The summed E-state index contributed by atoms with van der Waals surface area (Å²) in [5.74, 6) is 0.715. The van der Waals surface area contributed by atoms with Gasteiger partial charge in [0, 0.05) is 11.9 Å². The molecule has 18 heavy (non-hydrogen) atoms. The molecule has 0 aliphatic carbocycles. The van der Waals surface area contributed by atoms with E-state index in [4.69, 9.17) is 11.6 Å². The molecule has 0 saturated carbocycles. The van der Waals surface area contributed by atoms with E-state index in [1.807, 2.05) is 38.2 Å². The van der Waals surface area contributed by atoms with Crippen LogP contribution in [-0.4, -0.2) is 22.0 Å². The van der Waals surface area contributed by atoms with E-state index in [0.717, 1.165) is 23.6 Å². The van der Waals surface area contributed by atoms with Crippen LogP contribution in [0.25, 0.3) is 0 Å². The first-order valence-corrected chi connectivity index (χ1v) is 6.85.